The Morgan fingerprint density at radius 2 is 2.07 bits per heavy atom. The summed E-state index contributed by atoms with van der Waals surface area (Å²) < 4.78 is 5.99. The van der Waals surface area contributed by atoms with E-state index in [1.807, 2.05) is 0 Å². The number of fused-ring (bicyclic) bond motifs is 1. The van der Waals surface area contributed by atoms with Crippen LogP contribution in [0.25, 0.3) is 0 Å². The second-order valence-electron chi connectivity index (χ2n) is 4.73. The van der Waals surface area contributed by atoms with Crippen molar-refractivity contribution in [2.75, 3.05) is 0 Å². The first-order valence-corrected chi connectivity index (χ1v) is 5.98. The van der Waals surface area contributed by atoms with Crippen LogP contribution in [-0.4, -0.2) is 6.10 Å². The minimum atomic E-state index is 0.386. The molecule has 0 spiro atoms. The number of benzene rings is 1. The van der Waals surface area contributed by atoms with Crippen molar-refractivity contribution in [2.45, 2.75) is 45.6 Å². The maximum Gasteiger partial charge on any atom is 0.123 e. The van der Waals surface area contributed by atoms with Crippen LogP contribution >= 0.6 is 0 Å². The summed E-state index contributed by atoms with van der Waals surface area (Å²) in [4.78, 5) is 0. The molecule has 0 aliphatic carbocycles. The first-order valence-electron chi connectivity index (χ1n) is 5.98. The molecule has 1 aliphatic heterocycles. The van der Waals surface area contributed by atoms with Gasteiger partial charge in [-0.05, 0) is 18.4 Å². The number of ether oxygens (including phenoxy) is 1. The smallest absolute Gasteiger partial charge is 0.123 e. The quantitative estimate of drug-likeness (QED) is 0.723. The van der Waals surface area contributed by atoms with E-state index in [0.29, 0.717) is 12.0 Å². The molecule has 0 fully saturated rings. The van der Waals surface area contributed by atoms with Crippen LogP contribution in [0.15, 0.2) is 24.3 Å². The van der Waals surface area contributed by atoms with Gasteiger partial charge in [0.25, 0.3) is 0 Å². The van der Waals surface area contributed by atoms with Crippen LogP contribution in [0.3, 0.4) is 0 Å². The van der Waals surface area contributed by atoms with Gasteiger partial charge in [-0.2, -0.15) is 0 Å². The third-order valence-electron chi connectivity index (χ3n) is 3.58. The highest BCUT2D eigenvalue weighted by Crippen LogP contribution is 2.39. The van der Waals surface area contributed by atoms with Gasteiger partial charge in [0.05, 0.1) is 0 Å². The van der Waals surface area contributed by atoms with Gasteiger partial charge < -0.3 is 4.74 Å². The standard InChI is InChI=1S/C14H20O/c1-4-10(2)9-14-11(3)12-7-5-6-8-13(12)15-14/h5-8,10-11,14H,4,9H2,1-3H3. The summed E-state index contributed by atoms with van der Waals surface area (Å²) >= 11 is 0. The van der Waals surface area contributed by atoms with Crippen molar-refractivity contribution < 1.29 is 4.74 Å². The van der Waals surface area contributed by atoms with Crippen molar-refractivity contribution in [2.24, 2.45) is 5.92 Å². The van der Waals surface area contributed by atoms with E-state index in [1.165, 1.54) is 18.4 Å². The fraction of sp³-hybridized carbons (Fsp3) is 0.571. The summed E-state index contributed by atoms with van der Waals surface area (Å²) in [5, 5.41) is 0. The molecule has 1 heterocycles. The lowest BCUT2D eigenvalue weighted by atomic mass is 9.91. The van der Waals surface area contributed by atoms with Crippen LogP contribution in [-0.2, 0) is 0 Å². The normalized spacial score (nSPS) is 25.8. The van der Waals surface area contributed by atoms with Crippen molar-refractivity contribution in [3.8, 4) is 5.75 Å². The van der Waals surface area contributed by atoms with Crippen LogP contribution < -0.4 is 4.74 Å². The van der Waals surface area contributed by atoms with Gasteiger partial charge in [0, 0.05) is 11.5 Å². The number of para-hydroxylation sites is 1. The molecule has 15 heavy (non-hydrogen) atoms. The predicted octanol–water partition coefficient (Wildman–Crippen LogP) is 3.99. The molecular formula is C14H20O. The maximum absolute atomic E-state index is 5.99. The lowest BCUT2D eigenvalue weighted by Gasteiger charge is -2.18. The molecule has 0 N–H and O–H groups in total. The van der Waals surface area contributed by atoms with Gasteiger partial charge in [-0.15, -0.1) is 0 Å². The molecule has 0 aromatic heterocycles. The average Bonchev–Trinajstić information content (AvgIpc) is 2.57. The summed E-state index contributed by atoms with van der Waals surface area (Å²) in [6, 6.07) is 8.43. The summed E-state index contributed by atoms with van der Waals surface area (Å²) in [5.74, 6) is 2.40. The zero-order chi connectivity index (χ0) is 10.8. The first kappa shape index (κ1) is 10.5. The Morgan fingerprint density at radius 1 is 1.33 bits per heavy atom. The molecule has 82 valence electrons. The van der Waals surface area contributed by atoms with Crippen LogP contribution in [0, 0.1) is 5.92 Å². The molecule has 1 aliphatic rings. The molecule has 1 aromatic rings. The topological polar surface area (TPSA) is 9.23 Å². The molecule has 0 saturated carbocycles. The molecule has 0 radical (unpaired) electrons. The van der Waals surface area contributed by atoms with Gasteiger partial charge in [-0.25, -0.2) is 0 Å². The summed E-state index contributed by atoms with van der Waals surface area (Å²) in [5.41, 5.74) is 1.38. The van der Waals surface area contributed by atoms with Gasteiger partial charge in [0.2, 0.25) is 0 Å². The summed E-state index contributed by atoms with van der Waals surface area (Å²) in [6.45, 7) is 6.83. The molecule has 0 bridgehead atoms. The van der Waals surface area contributed by atoms with Crippen molar-refractivity contribution in [1.29, 1.82) is 0 Å². The molecular weight excluding hydrogens is 184 g/mol. The van der Waals surface area contributed by atoms with E-state index < -0.39 is 0 Å². The summed E-state index contributed by atoms with van der Waals surface area (Å²) in [6.07, 6.45) is 2.80. The molecule has 3 atom stereocenters. The predicted molar refractivity (Wildman–Crippen MR) is 63.3 cm³/mol. The lowest BCUT2D eigenvalue weighted by molar-refractivity contribution is 0.176. The van der Waals surface area contributed by atoms with Crippen LogP contribution in [0.4, 0.5) is 0 Å². The van der Waals surface area contributed by atoms with E-state index >= 15 is 0 Å². The maximum atomic E-state index is 5.99. The SMILES string of the molecule is CCC(C)CC1Oc2ccccc2C1C. The Labute approximate surface area is 92.5 Å². The molecule has 1 aromatic carbocycles. The van der Waals surface area contributed by atoms with E-state index in [1.54, 1.807) is 0 Å². The van der Waals surface area contributed by atoms with Gasteiger partial charge >= 0.3 is 0 Å². The summed E-state index contributed by atoms with van der Waals surface area (Å²) in [7, 11) is 0. The van der Waals surface area contributed by atoms with E-state index in [-0.39, 0.29) is 0 Å². The minimum absolute atomic E-state index is 0.386. The van der Waals surface area contributed by atoms with E-state index in [4.69, 9.17) is 4.74 Å². The first-order chi connectivity index (χ1) is 7.22. The third kappa shape index (κ3) is 2.01. The van der Waals surface area contributed by atoms with E-state index in [9.17, 15) is 0 Å². The minimum Gasteiger partial charge on any atom is -0.489 e. The van der Waals surface area contributed by atoms with Crippen molar-refractivity contribution >= 4 is 0 Å². The van der Waals surface area contributed by atoms with Crippen molar-refractivity contribution in [3.63, 3.8) is 0 Å². The highest BCUT2D eigenvalue weighted by Gasteiger charge is 2.30. The molecule has 1 nitrogen and oxygen atoms in total. The van der Waals surface area contributed by atoms with Crippen LogP contribution in [0.5, 0.6) is 5.75 Å². The fourth-order valence-corrected chi connectivity index (χ4v) is 2.24. The Balaban J connectivity index is 2.10. The Kier molecular flexibility index (Phi) is 2.99. The van der Waals surface area contributed by atoms with Gasteiger partial charge in [-0.1, -0.05) is 45.4 Å². The Bertz CT molecular complexity index is 332. The second-order valence-corrected chi connectivity index (χ2v) is 4.73. The van der Waals surface area contributed by atoms with E-state index in [0.717, 1.165) is 11.7 Å². The Morgan fingerprint density at radius 3 is 2.73 bits per heavy atom. The monoisotopic (exact) mass is 204 g/mol. The highest BCUT2D eigenvalue weighted by molar-refractivity contribution is 5.40. The molecule has 2 rings (SSSR count). The van der Waals surface area contributed by atoms with E-state index in [2.05, 4.69) is 45.0 Å². The van der Waals surface area contributed by atoms with Crippen LogP contribution in [0.1, 0.15) is 45.1 Å². The fourth-order valence-electron chi connectivity index (χ4n) is 2.24. The average molecular weight is 204 g/mol. The van der Waals surface area contributed by atoms with Crippen LogP contribution in [0.2, 0.25) is 0 Å². The number of rotatable bonds is 3. The second kappa shape index (κ2) is 4.26. The molecule has 1 heteroatoms. The molecule has 0 saturated heterocycles. The molecule has 0 amide bonds. The number of hydrogen-bond donors (Lipinski definition) is 0. The van der Waals surface area contributed by atoms with Gasteiger partial charge in [0.1, 0.15) is 11.9 Å². The van der Waals surface area contributed by atoms with Gasteiger partial charge in [0.15, 0.2) is 0 Å². The highest BCUT2D eigenvalue weighted by atomic mass is 16.5. The third-order valence-corrected chi connectivity index (χ3v) is 3.58. The lowest BCUT2D eigenvalue weighted by Crippen LogP contribution is -2.19. The zero-order valence-electron chi connectivity index (χ0n) is 9.86. The van der Waals surface area contributed by atoms with Crippen molar-refractivity contribution in [1.82, 2.24) is 0 Å². The molecule has 3 unspecified atom stereocenters. The Hall–Kier alpha value is -0.980. The largest absolute Gasteiger partial charge is 0.489 e. The number of hydrogen-bond acceptors (Lipinski definition) is 1. The van der Waals surface area contributed by atoms with Crippen molar-refractivity contribution in [3.05, 3.63) is 29.8 Å². The zero-order valence-corrected chi connectivity index (χ0v) is 9.86. The van der Waals surface area contributed by atoms with Gasteiger partial charge in [-0.3, -0.25) is 0 Å².